The number of aryl methyl sites for hydroxylation is 1. The molecular weight excluding hydrogens is 318 g/mol. The van der Waals surface area contributed by atoms with Gasteiger partial charge in [-0.25, -0.2) is 9.97 Å². The minimum absolute atomic E-state index is 0.176. The lowest BCUT2D eigenvalue weighted by Crippen LogP contribution is -2.48. The van der Waals surface area contributed by atoms with Crippen molar-refractivity contribution in [2.45, 2.75) is 25.2 Å². The number of anilines is 1. The molecule has 130 valence electrons. The summed E-state index contributed by atoms with van der Waals surface area (Å²) in [5, 5.41) is 13.5. The van der Waals surface area contributed by atoms with Crippen molar-refractivity contribution in [2.75, 3.05) is 38.1 Å². The van der Waals surface area contributed by atoms with E-state index >= 15 is 0 Å². The Hall–Kier alpha value is -2.53. The van der Waals surface area contributed by atoms with Crippen LogP contribution in [0.15, 0.2) is 17.0 Å². The van der Waals surface area contributed by atoms with Crippen LogP contribution in [-0.2, 0) is 11.8 Å². The molecule has 0 unspecified atom stereocenters. The fourth-order valence-corrected chi connectivity index (χ4v) is 4.11. The maximum atomic E-state index is 9.39. The first-order valence-corrected chi connectivity index (χ1v) is 8.63. The standard InChI is InChI=1S/C17H21N7O/c1-3-14-21-16(25-22-14)17-4-5-23(2)8-13(17)9-24(10-17)15-12(6-18)7-19-11-20-15/h7,11,13H,3-5,8-10H2,1-2H3/t13-,17-/m1/s1. The van der Waals surface area contributed by atoms with Crippen molar-refractivity contribution in [1.82, 2.24) is 25.0 Å². The van der Waals surface area contributed by atoms with Crippen LogP contribution in [0, 0.1) is 17.2 Å². The molecule has 4 heterocycles. The van der Waals surface area contributed by atoms with Crippen LogP contribution in [0.1, 0.15) is 30.6 Å². The van der Waals surface area contributed by atoms with Crippen molar-refractivity contribution < 1.29 is 4.52 Å². The van der Waals surface area contributed by atoms with Crippen LogP contribution in [-0.4, -0.2) is 58.2 Å². The van der Waals surface area contributed by atoms with Gasteiger partial charge in [0.2, 0.25) is 5.89 Å². The van der Waals surface area contributed by atoms with Crippen LogP contribution >= 0.6 is 0 Å². The summed E-state index contributed by atoms with van der Waals surface area (Å²) in [5.74, 6) is 2.54. The van der Waals surface area contributed by atoms with Crippen LogP contribution in [0.25, 0.3) is 0 Å². The van der Waals surface area contributed by atoms with E-state index in [4.69, 9.17) is 4.52 Å². The molecule has 0 saturated carbocycles. The van der Waals surface area contributed by atoms with Gasteiger partial charge >= 0.3 is 0 Å². The summed E-state index contributed by atoms with van der Waals surface area (Å²) in [4.78, 5) is 17.5. The normalized spacial score (nSPS) is 26.4. The average Bonchev–Trinajstić information content (AvgIpc) is 3.26. The van der Waals surface area contributed by atoms with Gasteiger partial charge in [0.15, 0.2) is 5.82 Å². The van der Waals surface area contributed by atoms with Gasteiger partial charge in [-0.1, -0.05) is 12.1 Å². The Kier molecular flexibility index (Phi) is 3.88. The molecule has 0 aromatic carbocycles. The first-order valence-electron chi connectivity index (χ1n) is 8.63. The molecule has 8 nitrogen and oxygen atoms in total. The Balaban J connectivity index is 1.73. The predicted octanol–water partition coefficient (Wildman–Crippen LogP) is 1.00. The highest BCUT2D eigenvalue weighted by atomic mass is 16.5. The zero-order chi connectivity index (χ0) is 17.4. The van der Waals surface area contributed by atoms with Gasteiger partial charge in [-0.3, -0.25) is 0 Å². The zero-order valence-corrected chi connectivity index (χ0v) is 14.5. The van der Waals surface area contributed by atoms with E-state index in [1.807, 2.05) is 6.92 Å². The summed E-state index contributed by atoms with van der Waals surface area (Å²) in [5.41, 5.74) is 0.328. The topological polar surface area (TPSA) is 95.0 Å². The Morgan fingerprint density at radius 3 is 3.08 bits per heavy atom. The lowest BCUT2D eigenvalue weighted by atomic mass is 9.72. The summed E-state index contributed by atoms with van der Waals surface area (Å²) in [6, 6.07) is 2.20. The van der Waals surface area contributed by atoms with Gasteiger partial charge in [-0.05, 0) is 20.0 Å². The molecule has 25 heavy (non-hydrogen) atoms. The molecule has 0 N–H and O–H groups in total. The number of rotatable bonds is 3. The second-order valence-corrected chi connectivity index (χ2v) is 6.99. The fraction of sp³-hybridized carbons (Fsp3) is 0.588. The number of piperidine rings is 1. The number of nitrogens with zero attached hydrogens (tertiary/aromatic N) is 7. The third kappa shape index (κ3) is 2.55. The number of hydrogen-bond acceptors (Lipinski definition) is 8. The highest BCUT2D eigenvalue weighted by Gasteiger charge is 2.54. The van der Waals surface area contributed by atoms with Gasteiger partial charge in [-0.15, -0.1) is 0 Å². The molecule has 2 aromatic heterocycles. The molecule has 0 bridgehead atoms. The number of nitriles is 1. The Morgan fingerprint density at radius 2 is 2.32 bits per heavy atom. The molecule has 2 aliphatic heterocycles. The summed E-state index contributed by atoms with van der Waals surface area (Å²) in [7, 11) is 2.14. The number of aromatic nitrogens is 4. The molecule has 0 radical (unpaired) electrons. The first kappa shape index (κ1) is 16.0. The molecule has 2 aromatic rings. The van der Waals surface area contributed by atoms with Crippen molar-refractivity contribution in [3.8, 4) is 6.07 Å². The van der Waals surface area contributed by atoms with Crippen LogP contribution in [0.3, 0.4) is 0 Å². The highest BCUT2D eigenvalue weighted by Crippen LogP contribution is 2.45. The van der Waals surface area contributed by atoms with Gasteiger partial charge in [0.25, 0.3) is 0 Å². The van der Waals surface area contributed by atoms with E-state index in [-0.39, 0.29) is 5.41 Å². The quantitative estimate of drug-likeness (QED) is 0.817. The van der Waals surface area contributed by atoms with E-state index in [9.17, 15) is 5.26 Å². The SMILES string of the molecule is CCc1noc([C@@]23CCN(C)C[C@@H]2CN(c2ncncc2C#N)C3)n1. The second-order valence-electron chi connectivity index (χ2n) is 6.99. The first-order chi connectivity index (χ1) is 12.2. The Morgan fingerprint density at radius 1 is 1.44 bits per heavy atom. The largest absolute Gasteiger partial charge is 0.354 e. The highest BCUT2D eigenvalue weighted by molar-refractivity contribution is 5.54. The van der Waals surface area contributed by atoms with Crippen molar-refractivity contribution in [3.05, 3.63) is 29.8 Å². The molecule has 2 fully saturated rings. The van der Waals surface area contributed by atoms with Crippen molar-refractivity contribution in [3.63, 3.8) is 0 Å². The van der Waals surface area contributed by atoms with Gasteiger partial charge in [0.05, 0.1) is 11.6 Å². The van der Waals surface area contributed by atoms with Gasteiger partial charge in [-0.2, -0.15) is 10.2 Å². The summed E-state index contributed by atoms with van der Waals surface area (Å²) >= 11 is 0. The van der Waals surface area contributed by atoms with Crippen LogP contribution in [0.5, 0.6) is 0 Å². The van der Waals surface area contributed by atoms with Crippen molar-refractivity contribution in [1.29, 1.82) is 5.26 Å². The average molecular weight is 339 g/mol. The Labute approximate surface area is 146 Å². The second kappa shape index (κ2) is 6.08. The van der Waals surface area contributed by atoms with Gasteiger partial charge in [0, 0.05) is 32.0 Å². The Bertz CT molecular complexity index is 813. The third-order valence-electron chi connectivity index (χ3n) is 5.49. The number of fused-ring (bicyclic) bond motifs is 1. The predicted molar refractivity (Wildman–Crippen MR) is 89.9 cm³/mol. The van der Waals surface area contributed by atoms with E-state index in [0.29, 0.717) is 17.3 Å². The van der Waals surface area contributed by atoms with Gasteiger partial charge < -0.3 is 14.3 Å². The molecular formula is C17H21N7O. The monoisotopic (exact) mass is 339 g/mol. The minimum Gasteiger partial charge on any atom is -0.354 e. The fourth-order valence-electron chi connectivity index (χ4n) is 4.11. The molecule has 0 amide bonds. The molecule has 0 aliphatic carbocycles. The molecule has 2 aliphatic rings. The molecule has 4 rings (SSSR count). The number of hydrogen-bond donors (Lipinski definition) is 0. The summed E-state index contributed by atoms with van der Waals surface area (Å²) in [6.07, 6.45) is 4.80. The smallest absolute Gasteiger partial charge is 0.235 e. The van der Waals surface area contributed by atoms with E-state index in [1.165, 1.54) is 6.33 Å². The van der Waals surface area contributed by atoms with Crippen molar-refractivity contribution >= 4 is 5.82 Å². The third-order valence-corrected chi connectivity index (χ3v) is 5.49. The van der Waals surface area contributed by atoms with Gasteiger partial charge in [0.1, 0.15) is 23.8 Å². The maximum Gasteiger partial charge on any atom is 0.235 e. The van der Waals surface area contributed by atoms with E-state index in [2.05, 4.69) is 43.0 Å². The van der Waals surface area contributed by atoms with E-state index in [1.54, 1.807) is 6.20 Å². The number of likely N-dealkylation sites (tertiary alicyclic amines) is 1. The summed E-state index contributed by atoms with van der Waals surface area (Å²) < 4.78 is 5.67. The van der Waals surface area contributed by atoms with Crippen LogP contribution < -0.4 is 4.90 Å². The minimum atomic E-state index is -0.176. The molecule has 0 spiro atoms. The lowest BCUT2D eigenvalue weighted by Gasteiger charge is -2.39. The molecule has 8 heteroatoms. The summed E-state index contributed by atoms with van der Waals surface area (Å²) in [6.45, 7) is 5.54. The molecule has 2 saturated heterocycles. The van der Waals surface area contributed by atoms with E-state index < -0.39 is 0 Å². The molecule has 2 atom stereocenters. The van der Waals surface area contributed by atoms with Crippen molar-refractivity contribution in [2.24, 2.45) is 5.92 Å². The maximum absolute atomic E-state index is 9.39. The zero-order valence-electron chi connectivity index (χ0n) is 14.5. The van der Waals surface area contributed by atoms with Crippen LogP contribution in [0.4, 0.5) is 5.82 Å². The van der Waals surface area contributed by atoms with E-state index in [0.717, 1.165) is 50.7 Å². The lowest BCUT2D eigenvalue weighted by molar-refractivity contribution is 0.118. The van der Waals surface area contributed by atoms with Crippen LogP contribution in [0.2, 0.25) is 0 Å².